The zero-order chi connectivity index (χ0) is 26.6. The van der Waals surface area contributed by atoms with Gasteiger partial charge in [0.05, 0.1) is 23.2 Å². The first-order valence-corrected chi connectivity index (χ1v) is 13.9. The average molecular weight is 539 g/mol. The van der Waals surface area contributed by atoms with Gasteiger partial charge < -0.3 is 19.5 Å². The Bertz CT molecular complexity index is 1380. The number of piperidine rings is 1. The van der Waals surface area contributed by atoms with E-state index in [9.17, 15) is 13.6 Å². The molecule has 2 aromatic heterocycles. The van der Waals surface area contributed by atoms with Gasteiger partial charge in [0.25, 0.3) is 5.91 Å². The van der Waals surface area contributed by atoms with Gasteiger partial charge in [-0.25, -0.2) is 13.8 Å². The molecule has 0 spiro atoms. The molecule has 1 saturated heterocycles. The SMILES string of the molecule is CN(C)CCCOc1cccc(-c2sccc2C(=O)N2CCCCC2Cc2nc3cc(F)c(F)cc3[nH]2)c1. The molecule has 4 aromatic rings. The first-order chi connectivity index (χ1) is 18.4. The normalized spacial score (nSPS) is 15.9. The van der Waals surface area contributed by atoms with Crippen LogP contribution in [0.2, 0.25) is 0 Å². The zero-order valence-corrected chi connectivity index (χ0v) is 22.5. The molecule has 1 aliphatic heterocycles. The third-order valence-electron chi connectivity index (χ3n) is 6.90. The Hall–Kier alpha value is -3.30. The monoisotopic (exact) mass is 538 g/mol. The van der Waals surface area contributed by atoms with E-state index in [4.69, 9.17) is 4.74 Å². The maximum absolute atomic E-state index is 13.8. The van der Waals surface area contributed by atoms with Crippen LogP contribution in [0.1, 0.15) is 41.9 Å². The largest absolute Gasteiger partial charge is 0.494 e. The number of fused-ring (bicyclic) bond motifs is 1. The molecule has 1 atom stereocenters. The van der Waals surface area contributed by atoms with Crippen LogP contribution in [0.4, 0.5) is 8.78 Å². The summed E-state index contributed by atoms with van der Waals surface area (Å²) in [6.45, 7) is 2.26. The number of nitrogens with zero attached hydrogens (tertiary/aromatic N) is 3. The fourth-order valence-electron chi connectivity index (χ4n) is 5.01. The lowest BCUT2D eigenvalue weighted by Gasteiger charge is -2.35. The Morgan fingerprint density at radius 3 is 2.87 bits per heavy atom. The second kappa shape index (κ2) is 11.6. The Kier molecular flexibility index (Phi) is 8.04. The molecule has 9 heteroatoms. The highest BCUT2D eigenvalue weighted by Crippen LogP contribution is 2.34. The van der Waals surface area contributed by atoms with E-state index < -0.39 is 11.6 Å². The van der Waals surface area contributed by atoms with Gasteiger partial charge >= 0.3 is 0 Å². The van der Waals surface area contributed by atoms with E-state index in [1.54, 1.807) is 11.3 Å². The third kappa shape index (κ3) is 5.89. The smallest absolute Gasteiger partial charge is 0.255 e. The van der Waals surface area contributed by atoms with Crippen LogP contribution in [0, 0.1) is 11.6 Å². The third-order valence-corrected chi connectivity index (χ3v) is 7.86. The van der Waals surface area contributed by atoms with E-state index in [0.717, 1.165) is 60.6 Å². The summed E-state index contributed by atoms with van der Waals surface area (Å²) in [6.07, 6.45) is 4.24. The first-order valence-electron chi connectivity index (χ1n) is 13.0. The topological polar surface area (TPSA) is 61.5 Å². The minimum Gasteiger partial charge on any atom is -0.494 e. The molecule has 1 N–H and O–H groups in total. The van der Waals surface area contributed by atoms with E-state index in [2.05, 4.69) is 14.9 Å². The Morgan fingerprint density at radius 1 is 1.18 bits per heavy atom. The number of carbonyl (C=O) groups is 1. The van der Waals surface area contributed by atoms with Crippen molar-refractivity contribution < 1.29 is 18.3 Å². The van der Waals surface area contributed by atoms with Gasteiger partial charge in [0, 0.05) is 42.6 Å². The minimum absolute atomic E-state index is 0.00328. The van der Waals surface area contributed by atoms with Crippen LogP contribution < -0.4 is 4.74 Å². The molecule has 0 radical (unpaired) electrons. The van der Waals surface area contributed by atoms with Crippen LogP contribution in [0.3, 0.4) is 0 Å². The Morgan fingerprint density at radius 2 is 2.03 bits per heavy atom. The summed E-state index contributed by atoms with van der Waals surface area (Å²) in [5, 5.41) is 1.95. The number of carbonyl (C=O) groups excluding carboxylic acids is 1. The molecule has 0 aliphatic carbocycles. The van der Waals surface area contributed by atoms with E-state index >= 15 is 0 Å². The highest BCUT2D eigenvalue weighted by Gasteiger charge is 2.30. The molecule has 5 rings (SSSR count). The molecule has 0 bridgehead atoms. The second-order valence-corrected chi connectivity index (χ2v) is 10.9. The van der Waals surface area contributed by atoms with Gasteiger partial charge in [0.2, 0.25) is 0 Å². The summed E-state index contributed by atoms with van der Waals surface area (Å²) in [5.74, 6) is -0.411. The van der Waals surface area contributed by atoms with Gasteiger partial charge in [0.15, 0.2) is 11.6 Å². The van der Waals surface area contributed by atoms with Crippen molar-refractivity contribution in [3.05, 3.63) is 70.9 Å². The van der Waals surface area contributed by atoms with Crippen molar-refractivity contribution in [3.8, 4) is 16.2 Å². The van der Waals surface area contributed by atoms with Crippen LogP contribution in [-0.4, -0.2) is 65.5 Å². The van der Waals surface area contributed by atoms with E-state index in [-0.39, 0.29) is 11.9 Å². The zero-order valence-electron chi connectivity index (χ0n) is 21.7. The van der Waals surface area contributed by atoms with Crippen molar-refractivity contribution in [3.63, 3.8) is 0 Å². The number of imidazole rings is 1. The van der Waals surface area contributed by atoms with Gasteiger partial charge in [0.1, 0.15) is 11.6 Å². The highest BCUT2D eigenvalue weighted by molar-refractivity contribution is 7.14. The van der Waals surface area contributed by atoms with Crippen molar-refractivity contribution in [2.45, 2.75) is 38.1 Å². The van der Waals surface area contributed by atoms with Crippen molar-refractivity contribution in [1.82, 2.24) is 19.8 Å². The predicted octanol–water partition coefficient (Wildman–Crippen LogP) is 6.14. The van der Waals surface area contributed by atoms with Gasteiger partial charge in [-0.05, 0) is 68.9 Å². The molecule has 1 unspecified atom stereocenters. The number of hydrogen-bond donors (Lipinski definition) is 1. The standard InChI is InChI=1S/C29H32F2N4O2S/c1-34(2)11-6-13-37-21-9-5-7-19(15-21)28-22(10-14-38-28)29(36)35-12-4-3-8-20(35)16-27-32-25-17-23(30)24(31)18-26(25)33-27/h5,7,9-10,14-15,17-18,20H,3-4,6,8,11-13,16H2,1-2H3,(H,32,33). The number of amides is 1. The number of benzene rings is 2. The quantitative estimate of drug-likeness (QED) is 0.260. The maximum Gasteiger partial charge on any atom is 0.255 e. The van der Waals surface area contributed by atoms with Crippen molar-refractivity contribution in [1.29, 1.82) is 0 Å². The molecule has 200 valence electrons. The Balaban J connectivity index is 1.33. The molecule has 1 fully saturated rings. The van der Waals surface area contributed by atoms with E-state index in [1.165, 1.54) is 0 Å². The summed E-state index contributed by atoms with van der Waals surface area (Å²) in [7, 11) is 4.09. The van der Waals surface area contributed by atoms with Crippen LogP contribution >= 0.6 is 11.3 Å². The van der Waals surface area contributed by atoms with Crippen molar-refractivity contribution >= 4 is 28.3 Å². The summed E-state index contributed by atoms with van der Waals surface area (Å²) >= 11 is 1.55. The molecule has 1 aliphatic rings. The number of nitrogens with one attached hydrogen (secondary N) is 1. The average Bonchev–Trinajstić information content (AvgIpc) is 3.54. The van der Waals surface area contributed by atoms with Gasteiger partial charge in [-0.15, -0.1) is 11.3 Å². The molecule has 1 amide bonds. The number of thiophene rings is 1. The van der Waals surface area contributed by atoms with Gasteiger partial charge in [-0.3, -0.25) is 4.79 Å². The number of rotatable bonds is 9. The van der Waals surface area contributed by atoms with E-state index in [0.29, 0.717) is 42.0 Å². The summed E-state index contributed by atoms with van der Waals surface area (Å²) in [6, 6.07) is 12.0. The number of H-pyrrole nitrogens is 1. The minimum atomic E-state index is -0.918. The van der Waals surface area contributed by atoms with Crippen LogP contribution in [0.25, 0.3) is 21.5 Å². The second-order valence-electron chi connectivity index (χ2n) is 10.0. The number of aromatic nitrogens is 2. The van der Waals surface area contributed by atoms with E-state index in [1.807, 2.05) is 54.7 Å². The summed E-state index contributed by atoms with van der Waals surface area (Å²) < 4.78 is 33.3. The summed E-state index contributed by atoms with van der Waals surface area (Å²) in [5.41, 5.74) is 2.48. The highest BCUT2D eigenvalue weighted by atomic mass is 32.1. The molecular weight excluding hydrogens is 506 g/mol. The number of halogens is 2. The Labute approximate surface area is 225 Å². The van der Waals surface area contributed by atoms with Crippen LogP contribution in [0.15, 0.2) is 47.8 Å². The fraction of sp³-hybridized carbons (Fsp3) is 0.379. The maximum atomic E-state index is 13.8. The van der Waals surface area contributed by atoms with Gasteiger partial charge in [-0.2, -0.15) is 0 Å². The number of hydrogen-bond acceptors (Lipinski definition) is 5. The van der Waals surface area contributed by atoms with Crippen molar-refractivity contribution in [2.75, 3.05) is 33.8 Å². The predicted molar refractivity (Wildman–Crippen MR) is 147 cm³/mol. The van der Waals surface area contributed by atoms with Gasteiger partial charge in [-0.1, -0.05) is 12.1 Å². The summed E-state index contributed by atoms with van der Waals surface area (Å²) in [4.78, 5) is 26.4. The molecule has 0 saturated carbocycles. The lowest BCUT2D eigenvalue weighted by atomic mass is 9.97. The molecule has 2 aromatic carbocycles. The number of ether oxygens (including phenoxy) is 1. The number of aromatic amines is 1. The first kappa shape index (κ1) is 26.3. The molecule has 6 nitrogen and oxygen atoms in total. The molecule has 38 heavy (non-hydrogen) atoms. The molecule has 3 heterocycles. The number of likely N-dealkylation sites (tertiary alicyclic amines) is 1. The van der Waals surface area contributed by atoms with Crippen molar-refractivity contribution in [2.24, 2.45) is 0 Å². The lowest BCUT2D eigenvalue weighted by Crippen LogP contribution is -2.45. The lowest BCUT2D eigenvalue weighted by molar-refractivity contribution is 0.0613. The molecular formula is C29H32F2N4O2S. The van der Waals surface area contributed by atoms with Crippen LogP contribution in [-0.2, 0) is 6.42 Å². The van der Waals surface area contributed by atoms with Crippen LogP contribution in [0.5, 0.6) is 5.75 Å². The fourth-order valence-corrected chi connectivity index (χ4v) is 5.90.